The predicted octanol–water partition coefficient (Wildman–Crippen LogP) is 5.38. The van der Waals surface area contributed by atoms with Crippen LogP contribution in [0.4, 0.5) is 10.7 Å². The molecule has 0 radical (unpaired) electrons. The minimum absolute atomic E-state index is 0.357. The van der Waals surface area contributed by atoms with Crippen LogP contribution in [-0.2, 0) is 17.7 Å². The quantitative estimate of drug-likeness (QED) is 0.383. The fourth-order valence-corrected chi connectivity index (χ4v) is 4.96. The maximum Gasteiger partial charge on any atom is 0.341 e. The summed E-state index contributed by atoms with van der Waals surface area (Å²) in [5, 5.41) is 12.2. The fourth-order valence-electron chi connectivity index (χ4n) is 3.56. The van der Waals surface area contributed by atoms with Gasteiger partial charge in [-0.1, -0.05) is 36.8 Å². The van der Waals surface area contributed by atoms with Gasteiger partial charge in [-0.3, -0.25) is 4.68 Å². The highest BCUT2D eigenvalue weighted by Crippen LogP contribution is 2.34. The Balaban J connectivity index is 1.79. The largest absolute Gasteiger partial charge is 0.465 e. The molecule has 164 valence electrons. The minimum Gasteiger partial charge on any atom is -0.465 e. The predicted molar refractivity (Wildman–Crippen MR) is 132 cm³/mol. The number of aromatic nitrogens is 2. The lowest BCUT2D eigenvalue weighted by atomic mass is 10.1. The summed E-state index contributed by atoms with van der Waals surface area (Å²) in [4.78, 5) is 13.4. The van der Waals surface area contributed by atoms with Gasteiger partial charge in [-0.25, -0.2) is 4.79 Å². The van der Waals surface area contributed by atoms with Crippen molar-refractivity contribution in [1.82, 2.24) is 9.78 Å². The van der Waals surface area contributed by atoms with Gasteiger partial charge in [0.25, 0.3) is 0 Å². The van der Waals surface area contributed by atoms with Gasteiger partial charge in [0.15, 0.2) is 5.11 Å². The van der Waals surface area contributed by atoms with Crippen LogP contribution in [0.2, 0.25) is 0 Å². The van der Waals surface area contributed by atoms with E-state index in [4.69, 9.17) is 17.0 Å². The number of rotatable bonds is 6. The topological polar surface area (TPSA) is 68.2 Å². The maximum absolute atomic E-state index is 12.3. The van der Waals surface area contributed by atoms with Crippen LogP contribution in [0.1, 0.15) is 50.2 Å². The third-order valence-electron chi connectivity index (χ3n) is 5.25. The molecular weight excluding hydrogens is 428 g/mol. The van der Waals surface area contributed by atoms with Gasteiger partial charge in [-0.2, -0.15) is 5.10 Å². The first-order valence-electron chi connectivity index (χ1n) is 10.1. The Hall–Kier alpha value is -2.71. The van der Waals surface area contributed by atoms with Crippen LogP contribution >= 0.6 is 23.6 Å². The molecule has 0 aliphatic heterocycles. The zero-order chi connectivity index (χ0) is 22.7. The number of nitrogens with one attached hydrogen (secondary N) is 2. The lowest BCUT2D eigenvalue weighted by Crippen LogP contribution is -2.21. The highest BCUT2D eigenvalue weighted by Gasteiger charge is 2.23. The monoisotopic (exact) mass is 456 g/mol. The van der Waals surface area contributed by atoms with E-state index in [2.05, 4.69) is 46.9 Å². The molecule has 6 nitrogen and oxygen atoms in total. The normalized spacial score (nSPS) is 10.8. The molecule has 0 saturated carbocycles. The van der Waals surface area contributed by atoms with Crippen LogP contribution in [0.5, 0.6) is 0 Å². The lowest BCUT2D eigenvalue weighted by Gasteiger charge is -2.12. The zero-order valence-electron chi connectivity index (χ0n) is 18.8. The number of methoxy groups -OCH3 is 1. The van der Waals surface area contributed by atoms with Crippen LogP contribution in [0.25, 0.3) is 0 Å². The number of carbonyl (C=O) groups excluding carboxylic acids is 1. The van der Waals surface area contributed by atoms with E-state index < -0.39 is 0 Å². The van der Waals surface area contributed by atoms with Gasteiger partial charge in [0.1, 0.15) is 5.00 Å². The first-order chi connectivity index (χ1) is 14.7. The number of hydrogen-bond donors (Lipinski definition) is 2. The van der Waals surface area contributed by atoms with Gasteiger partial charge in [0.05, 0.1) is 36.3 Å². The molecule has 1 aromatic carbocycles. The second-order valence-corrected chi connectivity index (χ2v) is 9.09. The van der Waals surface area contributed by atoms with Crippen molar-refractivity contribution in [3.63, 3.8) is 0 Å². The van der Waals surface area contributed by atoms with Gasteiger partial charge in [-0.05, 0) is 57.5 Å². The number of nitrogens with zero attached hydrogens (tertiary/aromatic N) is 2. The number of hydrogen-bond acceptors (Lipinski definition) is 5. The molecule has 2 aromatic heterocycles. The molecule has 0 fully saturated rings. The standard InChI is InChI=1S/C23H28N4O2S2/c1-7-18-16(5)31-21(19(18)22(28)29-6)25-23(30)24-20-14(3)26-27(15(20)4)12-17-10-8-13(2)9-11-17/h8-11H,7,12H2,1-6H3,(H2,24,25,30). The third-order valence-corrected chi connectivity index (χ3v) is 6.52. The first kappa shape index (κ1) is 23.0. The van der Waals surface area contributed by atoms with Crippen molar-refractivity contribution >= 4 is 45.3 Å². The van der Waals surface area contributed by atoms with Crippen molar-refractivity contribution in [1.29, 1.82) is 0 Å². The maximum atomic E-state index is 12.3. The Kier molecular flexibility index (Phi) is 7.12. The van der Waals surface area contributed by atoms with E-state index in [0.29, 0.717) is 22.2 Å². The van der Waals surface area contributed by atoms with Gasteiger partial charge in [0.2, 0.25) is 0 Å². The lowest BCUT2D eigenvalue weighted by molar-refractivity contribution is 0.0601. The van der Waals surface area contributed by atoms with E-state index in [9.17, 15) is 4.79 Å². The van der Waals surface area contributed by atoms with E-state index in [1.807, 2.05) is 32.4 Å². The van der Waals surface area contributed by atoms with Crippen molar-refractivity contribution in [2.45, 2.75) is 47.6 Å². The highest BCUT2D eigenvalue weighted by molar-refractivity contribution is 7.80. The number of thiocarbonyl (C=S) groups is 1. The summed E-state index contributed by atoms with van der Waals surface area (Å²) in [6.45, 7) is 10.8. The second kappa shape index (κ2) is 9.62. The highest BCUT2D eigenvalue weighted by atomic mass is 32.1. The van der Waals surface area contributed by atoms with Crippen molar-refractivity contribution in [3.8, 4) is 0 Å². The summed E-state index contributed by atoms with van der Waals surface area (Å²) in [6, 6.07) is 8.44. The van der Waals surface area contributed by atoms with Crippen molar-refractivity contribution < 1.29 is 9.53 Å². The minimum atomic E-state index is -0.357. The smallest absolute Gasteiger partial charge is 0.341 e. The molecule has 0 amide bonds. The summed E-state index contributed by atoms with van der Waals surface area (Å²) < 4.78 is 6.96. The molecule has 2 N–H and O–H groups in total. The van der Waals surface area contributed by atoms with Crippen molar-refractivity contribution in [2.75, 3.05) is 17.7 Å². The molecule has 31 heavy (non-hydrogen) atoms. The molecule has 3 rings (SSSR count). The molecule has 0 aliphatic carbocycles. The van der Waals surface area contributed by atoms with Crippen LogP contribution < -0.4 is 10.6 Å². The van der Waals surface area contributed by atoms with Crippen LogP contribution in [0.15, 0.2) is 24.3 Å². The number of thiophene rings is 1. The summed E-state index contributed by atoms with van der Waals surface area (Å²) in [7, 11) is 1.39. The molecule has 0 saturated heterocycles. The Labute approximate surface area is 192 Å². The molecule has 8 heteroatoms. The summed E-state index contributed by atoms with van der Waals surface area (Å²) in [6.07, 6.45) is 0.749. The van der Waals surface area contributed by atoms with E-state index in [-0.39, 0.29) is 5.97 Å². The van der Waals surface area contributed by atoms with E-state index in [1.54, 1.807) is 0 Å². The van der Waals surface area contributed by atoms with Gasteiger partial charge in [-0.15, -0.1) is 11.3 Å². The average Bonchev–Trinajstić information content (AvgIpc) is 3.19. The SMILES string of the molecule is CCc1c(C)sc(NC(=S)Nc2c(C)nn(Cc3ccc(C)cc3)c2C)c1C(=O)OC. The van der Waals surface area contributed by atoms with E-state index >= 15 is 0 Å². The zero-order valence-corrected chi connectivity index (χ0v) is 20.4. The summed E-state index contributed by atoms with van der Waals surface area (Å²) >= 11 is 7.06. The van der Waals surface area contributed by atoms with Gasteiger partial charge >= 0.3 is 5.97 Å². The number of anilines is 2. The Morgan fingerprint density at radius 2 is 1.84 bits per heavy atom. The molecular formula is C23H28N4O2S2. The number of esters is 1. The number of carbonyl (C=O) groups is 1. The Morgan fingerprint density at radius 3 is 2.45 bits per heavy atom. The van der Waals surface area contributed by atoms with Gasteiger partial charge < -0.3 is 15.4 Å². The number of ether oxygens (including phenoxy) is 1. The molecule has 0 bridgehead atoms. The van der Waals surface area contributed by atoms with Crippen LogP contribution in [-0.4, -0.2) is 28.0 Å². The van der Waals surface area contributed by atoms with Crippen molar-refractivity contribution in [2.24, 2.45) is 0 Å². The molecule has 0 atom stereocenters. The molecule has 0 spiro atoms. The summed E-state index contributed by atoms with van der Waals surface area (Å²) in [5.74, 6) is -0.357. The first-order valence-corrected chi connectivity index (χ1v) is 11.4. The van der Waals surface area contributed by atoms with Crippen LogP contribution in [0.3, 0.4) is 0 Å². The molecule has 2 heterocycles. The second-order valence-electron chi connectivity index (χ2n) is 7.45. The average molecular weight is 457 g/mol. The van der Waals surface area contributed by atoms with Crippen molar-refractivity contribution in [3.05, 3.63) is 62.8 Å². The Morgan fingerprint density at radius 1 is 1.16 bits per heavy atom. The molecule has 3 aromatic rings. The Bertz CT molecular complexity index is 1110. The fraction of sp³-hybridized carbons (Fsp3) is 0.348. The van der Waals surface area contributed by atoms with Gasteiger partial charge in [0, 0.05) is 4.88 Å². The summed E-state index contributed by atoms with van der Waals surface area (Å²) in [5.41, 5.74) is 6.68. The van der Waals surface area contributed by atoms with E-state index in [0.717, 1.165) is 33.9 Å². The molecule has 0 aliphatic rings. The van der Waals surface area contributed by atoms with Crippen LogP contribution in [0, 0.1) is 27.7 Å². The number of benzene rings is 1. The van der Waals surface area contributed by atoms with E-state index in [1.165, 1.54) is 29.6 Å². The number of aryl methyl sites for hydroxylation is 3. The third kappa shape index (κ3) is 4.97. The molecule has 0 unspecified atom stereocenters.